The van der Waals surface area contributed by atoms with Crippen LogP contribution in [-0.2, 0) is 0 Å². The maximum absolute atomic E-state index is 11.9. The number of anilines is 1. The van der Waals surface area contributed by atoms with Crippen molar-refractivity contribution in [3.63, 3.8) is 0 Å². The number of fused-ring (bicyclic) bond motifs is 1. The third kappa shape index (κ3) is 4.81. The molecular weight excluding hydrogens is 402 g/mol. The monoisotopic (exact) mass is 427 g/mol. The van der Waals surface area contributed by atoms with Crippen LogP contribution >= 0.6 is 11.6 Å². The molecular formula is C21H26ClN7O. The lowest BCUT2D eigenvalue weighted by Gasteiger charge is -2.20. The van der Waals surface area contributed by atoms with Crippen LogP contribution in [0.5, 0.6) is 0 Å². The van der Waals surface area contributed by atoms with Crippen LogP contribution in [0.15, 0.2) is 30.5 Å². The highest BCUT2D eigenvalue weighted by Crippen LogP contribution is 2.39. The molecule has 1 aliphatic carbocycles. The number of carbonyl (C=O) groups excluding carboxylic acids is 1. The zero-order valence-corrected chi connectivity index (χ0v) is 18.1. The first-order valence-electron chi connectivity index (χ1n) is 10.1. The van der Waals surface area contributed by atoms with Crippen molar-refractivity contribution < 1.29 is 4.79 Å². The van der Waals surface area contributed by atoms with Crippen LogP contribution in [0.3, 0.4) is 0 Å². The van der Waals surface area contributed by atoms with E-state index in [4.69, 9.17) is 21.6 Å². The highest BCUT2D eigenvalue weighted by atomic mass is 35.5. The lowest BCUT2D eigenvalue weighted by Crippen LogP contribution is -2.47. The van der Waals surface area contributed by atoms with E-state index in [1.54, 1.807) is 10.9 Å². The first kappa shape index (κ1) is 20.4. The van der Waals surface area contributed by atoms with E-state index in [0.29, 0.717) is 24.0 Å². The van der Waals surface area contributed by atoms with Gasteiger partial charge in [-0.3, -0.25) is 0 Å². The Morgan fingerprint density at radius 1 is 1.23 bits per heavy atom. The molecule has 0 aliphatic heterocycles. The van der Waals surface area contributed by atoms with Crippen LogP contribution in [0, 0.1) is 0 Å². The van der Waals surface area contributed by atoms with E-state index in [2.05, 4.69) is 21.0 Å². The van der Waals surface area contributed by atoms with Gasteiger partial charge in [-0.2, -0.15) is 5.10 Å². The molecule has 158 valence electrons. The minimum atomic E-state index is -0.273. The highest BCUT2D eigenvalue weighted by Gasteiger charge is 2.28. The van der Waals surface area contributed by atoms with Gasteiger partial charge in [0.1, 0.15) is 11.6 Å². The number of hydrogen-bond acceptors (Lipinski definition) is 5. The molecule has 0 radical (unpaired) electrons. The van der Waals surface area contributed by atoms with E-state index in [9.17, 15) is 4.79 Å². The Balaban J connectivity index is 1.54. The van der Waals surface area contributed by atoms with Crippen LogP contribution in [0.2, 0.25) is 5.02 Å². The largest absolute Gasteiger partial charge is 0.368 e. The maximum atomic E-state index is 11.9. The SMILES string of the molecule is CC(C)(C)NC(=O)NCCNc1nc(C2CC2)nc2c1cnn2-c1cccc(Cl)c1. The summed E-state index contributed by atoms with van der Waals surface area (Å²) in [5, 5.41) is 15.1. The Labute approximate surface area is 180 Å². The van der Waals surface area contributed by atoms with Gasteiger partial charge in [-0.1, -0.05) is 17.7 Å². The number of urea groups is 1. The summed E-state index contributed by atoms with van der Waals surface area (Å²) in [6.07, 6.45) is 3.96. The summed E-state index contributed by atoms with van der Waals surface area (Å²) in [5.74, 6) is 1.95. The van der Waals surface area contributed by atoms with Gasteiger partial charge in [0.25, 0.3) is 0 Å². The van der Waals surface area contributed by atoms with Crippen molar-refractivity contribution >= 4 is 34.5 Å². The second kappa shape index (κ2) is 8.10. The second-order valence-electron chi connectivity index (χ2n) is 8.54. The van der Waals surface area contributed by atoms with Crippen molar-refractivity contribution in [2.45, 2.75) is 45.1 Å². The molecule has 4 rings (SSSR count). The van der Waals surface area contributed by atoms with E-state index in [0.717, 1.165) is 41.2 Å². The lowest BCUT2D eigenvalue weighted by atomic mass is 10.1. The summed E-state index contributed by atoms with van der Waals surface area (Å²) in [4.78, 5) is 21.4. The molecule has 0 atom stereocenters. The van der Waals surface area contributed by atoms with Crippen molar-refractivity contribution in [3.8, 4) is 5.69 Å². The average molecular weight is 428 g/mol. The van der Waals surface area contributed by atoms with E-state index in [-0.39, 0.29) is 11.6 Å². The van der Waals surface area contributed by atoms with E-state index >= 15 is 0 Å². The van der Waals surface area contributed by atoms with Crippen molar-refractivity contribution in [3.05, 3.63) is 41.3 Å². The molecule has 2 heterocycles. The van der Waals surface area contributed by atoms with E-state index < -0.39 is 0 Å². The van der Waals surface area contributed by atoms with Crippen LogP contribution < -0.4 is 16.0 Å². The minimum Gasteiger partial charge on any atom is -0.368 e. The zero-order chi connectivity index (χ0) is 21.3. The Kier molecular flexibility index (Phi) is 5.51. The second-order valence-corrected chi connectivity index (χ2v) is 8.97. The van der Waals surface area contributed by atoms with Gasteiger partial charge >= 0.3 is 6.03 Å². The zero-order valence-electron chi connectivity index (χ0n) is 17.4. The third-order valence-corrected chi connectivity index (χ3v) is 4.87. The molecule has 3 N–H and O–H groups in total. The first-order chi connectivity index (χ1) is 14.3. The van der Waals surface area contributed by atoms with Crippen LogP contribution in [0.25, 0.3) is 16.7 Å². The van der Waals surface area contributed by atoms with Crippen molar-refractivity contribution in [2.24, 2.45) is 0 Å². The van der Waals surface area contributed by atoms with Gasteiger partial charge in [0, 0.05) is 29.6 Å². The number of benzene rings is 1. The Morgan fingerprint density at radius 3 is 2.73 bits per heavy atom. The van der Waals surface area contributed by atoms with E-state index in [1.807, 2.05) is 45.0 Å². The molecule has 0 unspecified atom stereocenters. The number of amides is 2. The summed E-state index contributed by atoms with van der Waals surface area (Å²) in [5.41, 5.74) is 1.32. The normalized spacial score (nSPS) is 14.0. The summed E-state index contributed by atoms with van der Waals surface area (Å²) in [6, 6.07) is 7.34. The summed E-state index contributed by atoms with van der Waals surface area (Å²) >= 11 is 6.16. The van der Waals surface area contributed by atoms with Crippen LogP contribution in [-0.4, -0.2) is 44.4 Å². The predicted molar refractivity (Wildman–Crippen MR) is 118 cm³/mol. The van der Waals surface area contributed by atoms with Gasteiger partial charge in [-0.05, 0) is 51.8 Å². The number of halogens is 1. The minimum absolute atomic E-state index is 0.190. The van der Waals surface area contributed by atoms with Crippen molar-refractivity contribution in [1.82, 2.24) is 30.4 Å². The lowest BCUT2D eigenvalue weighted by molar-refractivity contribution is 0.232. The Morgan fingerprint density at radius 2 is 2.03 bits per heavy atom. The molecule has 8 nitrogen and oxygen atoms in total. The van der Waals surface area contributed by atoms with Gasteiger partial charge in [0.15, 0.2) is 5.65 Å². The number of hydrogen-bond donors (Lipinski definition) is 3. The van der Waals surface area contributed by atoms with Crippen LogP contribution in [0.1, 0.15) is 45.4 Å². The molecule has 1 saturated carbocycles. The number of rotatable bonds is 6. The van der Waals surface area contributed by atoms with Gasteiger partial charge in [0.05, 0.1) is 17.3 Å². The van der Waals surface area contributed by atoms with Gasteiger partial charge in [-0.25, -0.2) is 19.4 Å². The smallest absolute Gasteiger partial charge is 0.315 e. The number of aromatic nitrogens is 4. The molecule has 1 aromatic carbocycles. The molecule has 30 heavy (non-hydrogen) atoms. The molecule has 9 heteroatoms. The van der Waals surface area contributed by atoms with Gasteiger partial charge in [-0.15, -0.1) is 0 Å². The molecule has 1 fully saturated rings. The van der Waals surface area contributed by atoms with Gasteiger partial charge < -0.3 is 16.0 Å². The summed E-state index contributed by atoms with van der Waals surface area (Å²) in [7, 11) is 0. The molecule has 1 aliphatic rings. The van der Waals surface area contributed by atoms with E-state index in [1.165, 1.54) is 0 Å². The van der Waals surface area contributed by atoms with Gasteiger partial charge in [0.2, 0.25) is 0 Å². The number of carbonyl (C=O) groups is 1. The molecule has 2 amide bonds. The first-order valence-corrected chi connectivity index (χ1v) is 10.5. The number of nitrogens with zero attached hydrogens (tertiary/aromatic N) is 4. The fraction of sp³-hybridized carbons (Fsp3) is 0.429. The molecule has 0 saturated heterocycles. The maximum Gasteiger partial charge on any atom is 0.315 e. The third-order valence-electron chi connectivity index (χ3n) is 4.63. The summed E-state index contributed by atoms with van der Waals surface area (Å²) in [6.45, 7) is 6.84. The molecule has 3 aromatic rings. The van der Waals surface area contributed by atoms with Crippen molar-refractivity contribution in [1.29, 1.82) is 0 Å². The topological polar surface area (TPSA) is 96.8 Å². The fourth-order valence-electron chi connectivity index (χ4n) is 3.12. The Hall–Kier alpha value is -2.87. The molecule has 0 bridgehead atoms. The Bertz CT molecular complexity index is 1070. The van der Waals surface area contributed by atoms with Crippen molar-refractivity contribution in [2.75, 3.05) is 18.4 Å². The number of nitrogens with one attached hydrogen (secondary N) is 3. The molecule has 0 spiro atoms. The molecule has 2 aromatic heterocycles. The quantitative estimate of drug-likeness (QED) is 0.519. The standard InChI is InChI=1S/C21H26ClN7O/c1-21(2,3)28-20(30)24-10-9-23-18-16-12-25-29(15-6-4-5-14(22)11-15)19(16)27-17(26-18)13-7-8-13/h4-6,11-13H,7-10H2,1-3H3,(H,23,26,27)(H2,24,28,30). The predicted octanol–water partition coefficient (Wildman–Crippen LogP) is 3.86. The highest BCUT2D eigenvalue weighted by molar-refractivity contribution is 6.30. The van der Waals surface area contributed by atoms with Crippen LogP contribution in [0.4, 0.5) is 10.6 Å². The average Bonchev–Trinajstić information content (AvgIpc) is 3.43. The summed E-state index contributed by atoms with van der Waals surface area (Å²) < 4.78 is 1.79. The fourth-order valence-corrected chi connectivity index (χ4v) is 3.31.